The summed E-state index contributed by atoms with van der Waals surface area (Å²) >= 11 is 0.380. The number of carbonyl (C=O) groups is 3. The highest BCUT2D eigenvalue weighted by Gasteiger charge is 2.56. The van der Waals surface area contributed by atoms with Gasteiger partial charge in [0, 0.05) is 49.3 Å². The molecule has 46 heavy (non-hydrogen) atoms. The fourth-order valence-corrected chi connectivity index (χ4v) is 6.90. The zero-order valence-electron chi connectivity index (χ0n) is 24.6. The summed E-state index contributed by atoms with van der Waals surface area (Å²) < 4.78 is 88.6. The summed E-state index contributed by atoms with van der Waals surface area (Å²) in [5.74, 6) is -2.52. The average Bonchev–Trinajstić information content (AvgIpc) is 3.49. The van der Waals surface area contributed by atoms with Gasteiger partial charge in [-0.2, -0.15) is 26.3 Å². The largest absolute Gasteiger partial charge is 0.474 e. The molecule has 2 atom stereocenters. The number of fused-ring (bicyclic) bond motifs is 1. The minimum atomic E-state index is -4.89. The highest BCUT2D eigenvalue weighted by atomic mass is 32.1. The van der Waals surface area contributed by atoms with Gasteiger partial charge in [-0.25, -0.2) is 0 Å². The molecule has 1 fully saturated rings. The Kier molecular flexibility index (Phi) is 9.08. The van der Waals surface area contributed by atoms with Crippen molar-refractivity contribution in [2.45, 2.75) is 69.6 Å². The number of likely N-dealkylation sites (tertiary alicyclic amines) is 1. The topological polar surface area (TPSA) is 106 Å². The Bertz CT molecular complexity index is 1640. The molecule has 2 N–H and O–H groups in total. The Hall–Kier alpha value is -4.14. The molecule has 2 aliphatic heterocycles. The summed E-state index contributed by atoms with van der Waals surface area (Å²) in [6.07, 6.45) is -7.57. The van der Waals surface area contributed by atoms with E-state index in [1.165, 1.54) is 11.0 Å². The monoisotopic (exact) mass is 668 g/mol. The van der Waals surface area contributed by atoms with Crippen molar-refractivity contribution in [3.8, 4) is 5.75 Å². The van der Waals surface area contributed by atoms with Gasteiger partial charge in [0.25, 0.3) is 11.8 Å². The van der Waals surface area contributed by atoms with Crippen molar-refractivity contribution in [2.24, 2.45) is 5.73 Å². The molecule has 2 aliphatic rings. The van der Waals surface area contributed by atoms with Crippen molar-refractivity contribution >= 4 is 29.1 Å². The van der Waals surface area contributed by atoms with Crippen LogP contribution < -0.4 is 10.5 Å². The Morgan fingerprint density at radius 2 is 1.83 bits per heavy atom. The van der Waals surface area contributed by atoms with Crippen LogP contribution in [0.5, 0.6) is 5.75 Å². The van der Waals surface area contributed by atoms with E-state index >= 15 is 0 Å². The van der Waals surface area contributed by atoms with Gasteiger partial charge in [0.15, 0.2) is 0 Å². The minimum absolute atomic E-state index is 0.00417. The number of ether oxygens (including phenoxy) is 1. The van der Waals surface area contributed by atoms with Gasteiger partial charge in [-0.1, -0.05) is 19.4 Å². The Morgan fingerprint density at radius 3 is 2.48 bits per heavy atom. The van der Waals surface area contributed by atoms with Crippen LogP contribution in [0.25, 0.3) is 0 Å². The summed E-state index contributed by atoms with van der Waals surface area (Å²) in [6.45, 7) is 1.96. The summed E-state index contributed by atoms with van der Waals surface area (Å²) in [4.78, 5) is 45.6. The number of hydrogen-bond donors (Lipinski definition) is 1. The second-order valence-electron chi connectivity index (χ2n) is 11.3. The van der Waals surface area contributed by atoms with Crippen LogP contribution in [0.4, 0.5) is 26.3 Å². The molecule has 4 heterocycles. The zero-order valence-corrected chi connectivity index (χ0v) is 25.4. The number of nitrogens with zero attached hydrogens (tertiary/aromatic N) is 3. The number of rotatable bonds is 7. The third-order valence-electron chi connectivity index (χ3n) is 8.31. The number of halogens is 6. The van der Waals surface area contributed by atoms with Crippen LogP contribution in [0.3, 0.4) is 0 Å². The highest BCUT2D eigenvalue weighted by molar-refractivity contribution is 7.10. The van der Waals surface area contributed by atoms with E-state index in [4.69, 9.17) is 10.5 Å². The Balaban J connectivity index is 1.58. The number of amides is 3. The number of primary amides is 1. The number of aromatic nitrogens is 1. The van der Waals surface area contributed by atoms with E-state index in [-0.39, 0.29) is 44.6 Å². The molecule has 2 aromatic heterocycles. The SMILES string of the molecule is CCC[C@H]1N(C(=O)c2ncccc2C(F)(F)F)CCC[C@@]1(Oc1csc(C(F)(F)F)c1)C(=O)N1CCc2cc(C(N)=O)ccc2C1. The molecule has 0 bridgehead atoms. The summed E-state index contributed by atoms with van der Waals surface area (Å²) in [7, 11) is 0. The lowest BCUT2D eigenvalue weighted by Crippen LogP contribution is -2.68. The summed E-state index contributed by atoms with van der Waals surface area (Å²) in [5.41, 5.74) is 3.21. The minimum Gasteiger partial charge on any atom is -0.474 e. The molecule has 0 radical (unpaired) electrons. The molecule has 0 unspecified atom stereocenters. The lowest BCUT2D eigenvalue weighted by atomic mass is 9.79. The molecule has 5 rings (SSSR count). The van der Waals surface area contributed by atoms with Crippen LogP contribution in [0, 0.1) is 0 Å². The van der Waals surface area contributed by atoms with E-state index in [2.05, 4.69) is 4.98 Å². The van der Waals surface area contributed by atoms with Gasteiger partial charge in [-0.15, -0.1) is 11.3 Å². The van der Waals surface area contributed by atoms with Gasteiger partial charge in [-0.3, -0.25) is 19.4 Å². The maximum absolute atomic E-state index is 14.7. The number of carbonyl (C=O) groups excluding carboxylic acids is 3. The van der Waals surface area contributed by atoms with Crippen molar-refractivity contribution in [3.63, 3.8) is 0 Å². The number of hydrogen-bond acceptors (Lipinski definition) is 6. The fraction of sp³-hybridized carbons (Fsp3) is 0.419. The van der Waals surface area contributed by atoms with E-state index < -0.39 is 57.9 Å². The van der Waals surface area contributed by atoms with Gasteiger partial charge in [0.1, 0.15) is 16.3 Å². The Labute approximate surface area is 264 Å². The first kappa shape index (κ1) is 33.2. The predicted octanol–water partition coefficient (Wildman–Crippen LogP) is 6.09. The van der Waals surface area contributed by atoms with Crippen molar-refractivity contribution < 1.29 is 45.5 Å². The third kappa shape index (κ3) is 6.42. The van der Waals surface area contributed by atoms with Gasteiger partial charge in [0.05, 0.1) is 11.6 Å². The molecular weight excluding hydrogens is 638 g/mol. The molecule has 1 saturated heterocycles. The van der Waals surface area contributed by atoms with Crippen LogP contribution in [0.15, 0.2) is 48.0 Å². The van der Waals surface area contributed by atoms with Crippen LogP contribution >= 0.6 is 11.3 Å². The maximum atomic E-state index is 14.7. The zero-order chi connectivity index (χ0) is 33.4. The van der Waals surface area contributed by atoms with E-state index in [0.717, 1.165) is 40.2 Å². The van der Waals surface area contributed by atoms with E-state index in [1.807, 2.05) is 0 Å². The fourth-order valence-electron chi connectivity index (χ4n) is 6.22. The first-order chi connectivity index (χ1) is 21.7. The van der Waals surface area contributed by atoms with Crippen molar-refractivity contribution in [1.82, 2.24) is 14.8 Å². The smallest absolute Gasteiger partial charge is 0.425 e. The second-order valence-corrected chi connectivity index (χ2v) is 12.2. The number of benzene rings is 1. The van der Waals surface area contributed by atoms with E-state index in [9.17, 15) is 40.7 Å². The van der Waals surface area contributed by atoms with E-state index in [0.29, 0.717) is 35.3 Å². The number of alkyl halides is 6. The molecule has 15 heteroatoms. The Morgan fingerprint density at radius 1 is 1.07 bits per heavy atom. The standard InChI is InChI=1S/C31H30F6N4O4S/c1-2-5-23-29(45-21-15-24(46-17-21)31(35,36)37,28(44)40-13-9-18-14-19(26(38)42)7-8-20(18)16-40)10-4-12-41(23)27(43)25-22(30(32,33)34)6-3-11-39-25/h3,6-8,11,14-15,17,23H,2,4-5,9-10,12-13,16H2,1H3,(H2,38,42)/t23-,29+/m1/s1. The number of pyridine rings is 1. The van der Waals surface area contributed by atoms with Gasteiger partial charge >= 0.3 is 12.4 Å². The molecule has 3 amide bonds. The maximum Gasteiger partial charge on any atom is 0.425 e. The first-order valence-electron chi connectivity index (χ1n) is 14.5. The molecule has 1 aromatic carbocycles. The quantitative estimate of drug-likeness (QED) is 0.307. The first-order valence-corrected chi connectivity index (χ1v) is 15.4. The van der Waals surface area contributed by atoms with E-state index in [1.54, 1.807) is 19.1 Å². The second kappa shape index (κ2) is 12.6. The van der Waals surface area contributed by atoms with Gasteiger partial charge in [-0.05, 0) is 54.7 Å². The van der Waals surface area contributed by atoms with Gasteiger partial charge in [0.2, 0.25) is 11.5 Å². The number of piperidine rings is 1. The molecule has 0 aliphatic carbocycles. The molecule has 3 aromatic rings. The van der Waals surface area contributed by atoms with Crippen molar-refractivity contribution in [1.29, 1.82) is 0 Å². The molecule has 0 saturated carbocycles. The molecule has 8 nitrogen and oxygen atoms in total. The number of thiophene rings is 1. The summed E-state index contributed by atoms with van der Waals surface area (Å²) in [5, 5.41) is 1.12. The van der Waals surface area contributed by atoms with Crippen molar-refractivity contribution in [3.05, 3.63) is 80.8 Å². The number of nitrogens with two attached hydrogens (primary N) is 1. The normalized spacial score (nSPS) is 20.3. The van der Waals surface area contributed by atoms with Crippen LogP contribution in [0.2, 0.25) is 0 Å². The lowest BCUT2D eigenvalue weighted by Gasteiger charge is -2.50. The van der Waals surface area contributed by atoms with Crippen molar-refractivity contribution in [2.75, 3.05) is 13.1 Å². The van der Waals surface area contributed by atoms with Crippen LogP contribution in [0.1, 0.15) is 75.0 Å². The molecule has 0 spiro atoms. The third-order valence-corrected chi connectivity index (χ3v) is 9.26. The van der Waals surface area contributed by atoms with Gasteiger partial charge < -0.3 is 20.3 Å². The summed E-state index contributed by atoms with van der Waals surface area (Å²) in [6, 6.07) is 6.28. The average molecular weight is 669 g/mol. The van der Waals surface area contributed by atoms with Crippen LogP contribution in [-0.4, -0.2) is 57.2 Å². The van der Waals surface area contributed by atoms with Crippen LogP contribution in [-0.2, 0) is 30.1 Å². The molecular formula is C31H30F6N4O4S. The molecule has 246 valence electrons. The lowest BCUT2D eigenvalue weighted by molar-refractivity contribution is -0.160. The predicted molar refractivity (Wildman–Crippen MR) is 155 cm³/mol. The highest BCUT2D eigenvalue weighted by Crippen LogP contribution is 2.43.